The number of carbonyl (C=O) groups excluding carboxylic acids is 1. The van der Waals surface area contributed by atoms with Gasteiger partial charge in [0.1, 0.15) is 0 Å². The standard InChI is InChI=1S/C16H18N2OS2/c1-12-6-13(2)8-14(7-12)10-20-11-16(19)18-17-9-15-4-3-5-21-15/h3-9H,10-11H2,1-2H3,(H,18,19)/b17-9+. The summed E-state index contributed by atoms with van der Waals surface area (Å²) in [5, 5.41) is 5.92. The van der Waals surface area contributed by atoms with E-state index in [4.69, 9.17) is 0 Å². The summed E-state index contributed by atoms with van der Waals surface area (Å²) in [5.74, 6) is 1.18. The molecule has 0 radical (unpaired) electrons. The van der Waals surface area contributed by atoms with E-state index in [0.29, 0.717) is 5.75 Å². The fraction of sp³-hybridized carbons (Fsp3) is 0.250. The highest BCUT2D eigenvalue weighted by Crippen LogP contribution is 2.15. The van der Waals surface area contributed by atoms with Gasteiger partial charge in [0.25, 0.3) is 0 Å². The molecule has 5 heteroatoms. The zero-order valence-electron chi connectivity index (χ0n) is 12.1. The van der Waals surface area contributed by atoms with Crippen molar-refractivity contribution in [3.8, 4) is 0 Å². The summed E-state index contributed by atoms with van der Waals surface area (Å²) in [4.78, 5) is 12.7. The Hall–Kier alpha value is -1.59. The second-order valence-corrected chi connectivity index (χ2v) is 6.76. The Labute approximate surface area is 133 Å². The Balaban J connectivity index is 1.71. The molecule has 2 rings (SSSR count). The SMILES string of the molecule is Cc1cc(C)cc(CSCC(=O)N/N=C/c2cccs2)c1. The largest absolute Gasteiger partial charge is 0.272 e. The van der Waals surface area contributed by atoms with Crippen LogP contribution in [-0.2, 0) is 10.5 Å². The molecule has 1 aromatic heterocycles. The minimum atomic E-state index is -0.0721. The number of thiophene rings is 1. The van der Waals surface area contributed by atoms with Crippen LogP contribution >= 0.6 is 23.1 Å². The lowest BCUT2D eigenvalue weighted by Gasteiger charge is -2.04. The Bertz CT molecular complexity index is 601. The monoisotopic (exact) mass is 318 g/mol. The van der Waals surface area contributed by atoms with E-state index in [1.165, 1.54) is 16.7 Å². The molecular formula is C16H18N2OS2. The molecule has 0 unspecified atom stereocenters. The van der Waals surface area contributed by atoms with Crippen LogP contribution in [0.4, 0.5) is 0 Å². The van der Waals surface area contributed by atoms with Gasteiger partial charge in [-0.3, -0.25) is 4.79 Å². The summed E-state index contributed by atoms with van der Waals surface area (Å²) in [6.45, 7) is 4.18. The van der Waals surface area contributed by atoms with E-state index < -0.39 is 0 Å². The lowest BCUT2D eigenvalue weighted by atomic mass is 10.1. The molecule has 0 saturated carbocycles. The molecule has 1 amide bonds. The zero-order chi connectivity index (χ0) is 15.1. The van der Waals surface area contributed by atoms with E-state index in [9.17, 15) is 4.79 Å². The molecule has 0 aliphatic carbocycles. The molecule has 1 aromatic carbocycles. The number of aryl methyl sites for hydroxylation is 2. The Morgan fingerprint density at radius 2 is 2.10 bits per heavy atom. The van der Waals surface area contributed by atoms with Crippen LogP contribution in [0.5, 0.6) is 0 Å². The van der Waals surface area contributed by atoms with Crippen molar-refractivity contribution in [1.29, 1.82) is 0 Å². The van der Waals surface area contributed by atoms with Gasteiger partial charge in [-0.05, 0) is 30.9 Å². The number of hydrazone groups is 1. The predicted octanol–water partition coefficient (Wildman–Crippen LogP) is 3.75. The Morgan fingerprint density at radius 1 is 1.33 bits per heavy atom. The third-order valence-electron chi connectivity index (χ3n) is 2.71. The molecule has 110 valence electrons. The van der Waals surface area contributed by atoms with Gasteiger partial charge in [-0.1, -0.05) is 35.4 Å². The summed E-state index contributed by atoms with van der Waals surface area (Å²) in [6, 6.07) is 10.4. The summed E-state index contributed by atoms with van der Waals surface area (Å²) in [6.07, 6.45) is 1.66. The summed E-state index contributed by atoms with van der Waals surface area (Å²) in [7, 11) is 0. The number of amides is 1. The molecule has 1 N–H and O–H groups in total. The third kappa shape index (κ3) is 5.73. The van der Waals surface area contributed by atoms with Crippen molar-refractivity contribution in [3.63, 3.8) is 0 Å². The minimum Gasteiger partial charge on any atom is -0.272 e. The van der Waals surface area contributed by atoms with Crippen molar-refractivity contribution in [1.82, 2.24) is 5.43 Å². The van der Waals surface area contributed by atoms with Crippen LogP contribution in [-0.4, -0.2) is 17.9 Å². The molecule has 0 aliphatic heterocycles. The van der Waals surface area contributed by atoms with Gasteiger partial charge in [0.05, 0.1) is 12.0 Å². The Kier molecular flexibility index (Phi) is 6.02. The van der Waals surface area contributed by atoms with E-state index in [1.54, 1.807) is 29.3 Å². The van der Waals surface area contributed by atoms with E-state index in [2.05, 4.69) is 42.6 Å². The molecule has 0 saturated heterocycles. The molecule has 0 bridgehead atoms. The highest BCUT2D eigenvalue weighted by atomic mass is 32.2. The van der Waals surface area contributed by atoms with Gasteiger partial charge in [0.15, 0.2) is 0 Å². The lowest BCUT2D eigenvalue weighted by Crippen LogP contribution is -2.19. The lowest BCUT2D eigenvalue weighted by molar-refractivity contribution is -0.118. The highest BCUT2D eigenvalue weighted by molar-refractivity contribution is 7.99. The minimum absolute atomic E-state index is 0.0721. The fourth-order valence-corrected chi connectivity index (χ4v) is 3.32. The quantitative estimate of drug-likeness (QED) is 0.651. The number of rotatable bonds is 6. The molecule has 3 nitrogen and oxygen atoms in total. The zero-order valence-corrected chi connectivity index (χ0v) is 13.8. The van der Waals surface area contributed by atoms with Crippen LogP contribution < -0.4 is 5.43 Å². The van der Waals surface area contributed by atoms with Gasteiger partial charge in [-0.2, -0.15) is 5.10 Å². The highest BCUT2D eigenvalue weighted by Gasteiger charge is 2.01. The molecule has 0 aliphatic rings. The van der Waals surface area contributed by atoms with E-state index in [1.807, 2.05) is 17.5 Å². The predicted molar refractivity (Wildman–Crippen MR) is 92.1 cm³/mol. The number of thioether (sulfide) groups is 1. The van der Waals surface area contributed by atoms with Gasteiger partial charge in [0, 0.05) is 10.6 Å². The maximum absolute atomic E-state index is 11.7. The van der Waals surface area contributed by atoms with Crippen LogP contribution in [0.25, 0.3) is 0 Å². The molecular weight excluding hydrogens is 300 g/mol. The second kappa shape index (κ2) is 8.00. The van der Waals surface area contributed by atoms with Crippen molar-refractivity contribution in [2.45, 2.75) is 19.6 Å². The normalized spacial score (nSPS) is 11.0. The average molecular weight is 318 g/mol. The molecule has 2 aromatic rings. The van der Waals surface area contributed by atoms with Crippen LogP contribution in [0.15, 0.2) is 40.8 Å². The number of nitrogens with one attached hydrogen (secondary N) is 1. The fourth-order valence-electron chi connectivity index (χ4n) is 1.98. The number of hydrogen-bond donors (Lipinski definition) is 1. The topological polar surface area (TPSA) is 41.5 Å². The van der Waals surface area contributed by atoms with Crippen LogP contribution in [0.2, 0.25) is 0 Å². The third-order valence-corrected chi connectivity index (χ3v) is 4.52. The number of benzene rings is 1. The maximum atomic E-state index is 11.7. The second-order valence-electron chi connectivity index (χ2n) is 4.80. The molecule has 0 fully saturated rings. The number of carbonyl (C=O) groups is 1. The molecule has 0 atom stereocenters. The first-order valence-electron chi connectivity index (χ1n) is 6.64. The van der Waals surface area contributed by atoms with E-state index >= 15 is 0 Å². The van der Waals surface area contributed by atoms with Crippen LogP contribution in [0.3, 0.4) is 0 Å². The van der Waals surface area contributed by atoms with Crippen molar-refractivity contribution in [2.75, 3.05) is 5.75 Å². The van der Waals surface area contributed by atoms with Crippen molar-refractivity contribution < 1.29 is 4.79 Å². The number of hydrogen-bond acceptors (Lipinski definition) is 4. The molecule has 1 heterocycles. The van der Waals surface area contributed by atoms with E-state index in [-0.39, 0.29) is 5.91 Å². The maximum Gasteiger partial charge on any atom is 0.250 e. The summed E-state index contributed by atoms with van der Waals surface area (Å²) >= 11 is 3.18. The number of nitrogens with zero attached hydrogens (tertiary/aromatic N) is 1. The summed E-state index contributed by atoms with van der Waals surface area (Å²) in [5.41, 5.74) is 6.32. The van der Waals surface area contributed by atoms with E-state index in [0.717, 1.165) is 10.6 Å². The first kappa shape index (κ1) is 15.8. The van der Waals surface area contributed by atoms with Crippen molar-refractivity contribution >= 4 is 35.2 Å². The van der Waals surface area contributed by atoms with Crippen LogP contribution in [0, 0.1) is 13.8 Å². The van der Waals surface area contributed by atoms with Gasteiger partial charge in [0.2, 0.25) is 5.91 Å². The Morgan fingerprint density at radius 3 is 2.76 bits per heavy atom. The van der Waals surface area contributed by atoms with Gasteiger partial charge >= 0.3 is 0 Å². The van der Waals surface area contributed by atoms with Crippen LogP contribution in [0.1, 0.15) is 21.6 Å². The summed E-state index contributed by atoms with van der Waals surface area (Å²) < 4.78 is 0. The average Bonchev–Trinajstić information content (AvgIpc) is 2.91. The van der Waals surface area contributed by atoms with Gasteiger partial charge < -0.3 is 0 Å². The molecule has 0 spiro atoms. The van der Waals surface area contributed by atoms with Crippen molar-refractivity contribution in [2.24, 2.45) is 5.10 Å². The van der Waals surface area contributed by atoms with Crippen molar-refractivity contribution in [3.05, 3.63) is 57.3 Å². The first-order chi connectivity index (χ1) is 10.1. The van der Waals surface area contributed by atoms with Gasteiger partial charge in [-0.15, -0.1) is 23.1 Å². The van der Waals surface area contributed by atoms with Gasteiger partial charge in [-0.25, -0.2) is 5.43 Å². The molecule has 21 heavy (non-hydrogen) atoms. The smallest absolute Gasteiger partial charge is 0.250 e. The first-order valence-corrected chi connectivity index (χ1v) is 8.67.